The second kappa shape index (κ2) is 7.32. The Kier molecular flexibility index (Phi) is 4.88. The fraction of sp³-hybridized carbons (Fsp3) is 0.500. The summed E-state index contributed by atoms with van der Waals surface area (Å²) in [6, 6.07) is 7.77. The molecule has 144 valence electrons. The van der Waals surface area contributed by atoms with Crippen LogP contribution < -0.4 is 4.74 Å². The van der Waals surface area contributed by atoms with Crippen LogP contribution in [0.1, 0.15) is 11.5 Å². The number of aromatic nitrogens is 1. The maximum atomic E-state index is 12.5. The summed E-state index contributed by atoms with van der Waals surface area (Å²) in [7, 11) is 3.51. The average molecular weight is 371 g/mol. The average Bonchev–Trinajstić information content (AvgIpc) is 2.91. The van der Waals surface area contributed by atoms with Crippen LogP contribution in [0.4, 0.5) is 0 Å². The van der Waals surface area contributed by atoms with E-state index in [4.69, 9.17) is 18.9 Å². The Morgan fingerprint density at radius 1 is 1.26 bits per heavy atom. The highest BCUT2D eigenvalue weighted by molar-refractivity contribution is 5.80. The van der Waals surface area contributed by atoms with Gasteiger partial charge in [0.05, 0.1) is 43.5 Å². The second-order valence-electron chi connectivity index (χ2n) is 7.25. The first-order valence-electron chi connectivity index (χ1n) is 9.23. The van der Waals surface area contributed by atoms with Gasteiger partial charge in [-0.05, 0) is 19.1 Å². The summed E-state index contributed by atoms with van der Waals surface area (Å²) in [5, 5.41) is 0. The van der Waals surface area contributed by atoms with E-state index in [1.165, 1.54) is 0 Å². The van der Waals surface area contributed by atoms with Crippen molar-refractivity contribution in [2.24, 2.45) is 5.92 Å². The molecule has 27 heavy (non-hydrogen) atoms. The van der Waals surface area contributed by atoms with Gasteiger partial charge in [0.1, 0.15) is 11.5 Å². The maximum absolute atomic E-state index is 12.5. The number of rotatable bonds is 4. The molecular weight excluding hydrogens is 346 g/mol. The van der Waals surface area contributed by atoms with Gasteiger partial charge in [0, 0.05) is 26.7 Å². The third kappa shape index (κ3) is 3.44. The van der Waals surface area contributed by atoms with E-state index in [9.17, 15) is 4.79 Å². The van der Waals surface area contributed by atoms with Crippen molar-refractivity contribution in [2.75, 3.05) is 40.5 Å². The molecule has 2 aliphatic heterocycles. The largest absolute Gasteiger partial charge is 0.496 e. The lowest BCUT2D eigenvalue weighted by molar-refractivity contribution is -0.133. The van der Waals surface area contributed by atoms with Crippen molar-refractivity contribution in [3.8, 4) is 17.2 Å². The van der Waals surface area contributed by atoms with E-state index in [0.717, 1.165) is 29.3 Å². The van der Waals surface area contributed by atoms with E-state index in [2.05, 4.69) is 4.90 Å². The molecule has 0 unspecified atom stereocenters. The number of ether oxygens (including phenoxy) is 2. The minimum absolute atomic E-state index is 0.0749. The van der Waals surface area contributed by atoms with Gasteiger partial charge in [0.25, 0.3) is 0 Å². The Labute approximate surface area is 158 Å². The molecule has 2 atom stereocenters. The van der Waals surface area contributed by atoms with Crippen LogP contribution in [-0.4, -0.2) is 67.2 Å². The van der Waals surface area contributed by atoms with Gasteiger partial charge in [-0.25, -0.2) is 4.98 Å². The summed E-state index contributed by atoms with van der Waals surface area (Å²) in [5.74, 6) is 2.14. The van der Waals surface area contributed by atoms with Gasteiger partial charge < -0.3 is 18.8 Å². The van der Waals surface area contributed by atoms with Crippen molar-refractivity contribution in [3.63, 3.8) is 0 Å². The summed E-state index contributed by atoms with van der Waals surface area (Å²) in [6.07, 6.45) is 0. The number of carbonyl (C=O) groups excluding carboxylic acids is 1. The van der Waals surface area contributed by atoms with Crippen LogP contribution in [0.5, 0.6) is 5.75 Å². The first-order chi connectivity index (χ1) is 13.1. The Morgan fingerprint density at radius 3 is 2.89 bits per heavy atom. The molecule has 1 aromatic heterocycles. The van der Waals surface area contributed by atoms with Gasteiger partial charge >= 0.3 is 0 Å². The molecule has 2 bridgehead atoms. The van der Waals surface area contributed by atoms with Crippen molar-refractivity contribution in [2.45, 2.75) is 19.5 Å². The molecular formula is C20H25N3O4. The maximum Gasteiger partial charge on any atom is 0.230 e. The number of oxazole rings is 1. The van der Waals surface area contributed by atoms with Crippen LogP contribution in [-0.2, 0) is 16.1 Å². The molecule has 2 aliphatic rings. The van der Waals surface area contributed by atoms with Crippen LogP contribution in [0.15, 0.2) is 28.7 Å². The van der Waals surface area contributed by atoms with Crippen LogP contribution >= 0.6 is 0 Å². The van der Waals surface area contributed by atoms with E-state index < -0.39 is 0 Å². The lowest BCUT2D eigenvalue weighted by Gasteiger charge is -2.28. The highest BCUT2D eigenvalue weighted by Gasteiger charge is 2.37. The van der Waals surface area contributed by atoms with E-state index in [-0.39, 0.29) is 17.9 Å². The summed E-state index contributed by atoms with van der Waals surface area (Å²) in [6.45, 7) is 5.10. The van der Waals surface area contributed by atoms with Crippen molar-refractivity contribution in [1.29, 1.82) is 0 Å². The van der Waals surface area contributed by atoms with E-state index in [1.54, 1.807) is 7.11 Å². The van der Waals surface area contributed by atoms with Gasteiger partial charge in [-0.2, -0.15) is 0 Å². The van der Waals surface area contributed by atoms with Crippen molar-refractivity contribution in [3.05, 3.63) is 35.7 Å². The zero-order valence-electron chi connectivity index (χ0n) is 16.0. The predicted molar refractivity (Wildman–Crippen MR) is 99.4 cm³/mol. The molecule has 4 rings (SSSR count). The molecule has 2 fully saturated rings. The molecule has 7 heteroatoms. The predicted octanol–water partition coefficient (Wildman–Crippen LogP) is 1.95. The Balaban J connectivity index is 1.57. The first kappa shape index (κ1) is 18.0. The third-order valence-corrected chi connectivity index (χ3v) is 5.42. The van der Waals surface area contributed by atoms with Crippen LogP contribution in [0.3, 0.4) is 0 Å². The van der Waals surface area contributed by atoms with Crippen LogP contribution in [0, 0.1) is 12.8 Å². The van der Waals surface area contributed by atoms with E-state index in [1.807, 2.05) is 43.1 Å². The van der Waals surface area contributed by atoms with Crippen molar-refractivity contribution >= 4 is 5.91 Å². The number of para-hydroxylation sites is 1. The standard InChI is InChI=1S/C20H25N3O4/c1-13-17(21-19(27-13)16-6-4-5-7-18(16)25-3)10-23-8-14-11-26-12-15(9-23)22(2)20(14)24/h4-7,14-15H,8-12H2,1-3H3/t14-,15+/m1/s1. The lowest BCUT2D eigenvalue weighted by Crippen LogP contribution is -2.43. The topological polar surface area (TPSA) is 68.0 Å². The van der Waals surface area contributed by atoms with Crippen LogP contribution in [0.25, 0.3) is 11.5 Å². The first-order valence-corrected chi connectivity index (χ1v) is 9.23. The summed E-state index contributed by atoms with van der Waals surface area (Å²) >= 11 is 0. The zero-order chi connectivity index (χ0) is 19.0. The monoisotopic (exact) mass is 371 g/mol. The fourth-order valence-electron chi connectivity index (χ4n) is 3.84. The molecule has 3 heterocycles. The molecule has 0 radical (unpaired) electrons. The quantitative estimate of drug-likeness (QED) is 0.818. The lowest BCUT2D eigenvalue weighted by atomic mass is 10.1. The fourth-order valence-corrected chi connectivity index (χ4v) is 3.84. The number of benzene rings is 1. The number of aryl methyl sites for hydroxylation is 1. The summed E-state index contributed by atoms with van der Waals surface area (Å²) < 4.78 is 17.0. The molecule has 0 aliphatic carbocycles. The number of likely N-dealkylation sites (N-methyl/N-ethyl adjacent to an activating group) is 1. The molecule has 0 saturated carbocycles. The van der Waals surface area contributed by atoms with Gasteiger partial charge in [-0.3, -0.25) is 9.69 Å². The van der Waals surface area contributed by atoms with Gasteiger partial charge in [0.15, 0.2) is 0 Å². The number of hydrogen-bond acceptors (Lipinski definition) is 6. The number of fused-ring (bicyclic) bond motifs is 3. The molecule has 0 spiro atoms. The normalized spacial score (nSPS) is 23.4. The Bertz CT molecular complexity index is 834. The Hall–Kier alpha value is -2.38. The molecule has 2 saturated heterocycles. The Morgan fingerprint density at radius 2 is 2.07 bits per heavy atom. The zero-order valence-corrected chi connectivity index (χ0v) is 16.0. The van der Waals surface area contributed by atoms with E-state index >= 15 is 0 Å². The highest BCUT2D eigenvalue weighted by atomic mass is 16.5. The molecule has 1 aromatic carbocycles. The summed E-state index contributed by atoms with van der Waals surface area (Å²) in [5.41, 5.74) is 1.73. The van der Waals surface area contributed by atoms with Gasteiger partial charge in [0.2, 0.25) is 11.8 Å². The van der Waals surface area contributed by atoms with Crippen LogP contribution in [0.2, 0.25) is 0 Å². The number of methoxy groups -OCH3 is 1. The second-order valence-corrected chi connectivity index (χ2v) is 7.25. The molecule has 2 aromatic rings. The molecule has 7 nitrogen and oxygen atoms in total. The number of nitrogens with zero attached hydrogens (tertiary/aromatic N) is 3. The minimum atomic E-state index is -0.122. The number of amides is 1. The highest BCUT2D eigenvalue weighted by Crippen LogP contribution is 2.31. The number of hydrogen-bond donors (Lipinski definition) is 0. The van der Waals surface area contributed by atoms with Gasteiger partial charge in [-0.15, -0.1) is 0 Å². The minimum Gasteiger partial charge on any atom is -0.496 e. The van der Waals surface area contributed by atoms with Crippen molar-refractivity contribution < 1.29 is 18.7 Å². The molecule has 0 N–H and O–H groups in total. The SMILES string of the molecule is COc1ccccc1-c1nc(CN2C[C@@H]3COC[C@H](C2)N(C)C3=O)c(C)o1. The molecule has 1 amide bonds. The number of carbonyl (C=O) groups is 1. The van der Waals surface area contributed by atoms with E-state index in [0.29, 0.717) is 32.2 Å². The smallest absolute Gasteiger partial charge is 0.230 e. The van der Waals surface area contributed by atoms with Crippen molar-refractivity contribution in [1.82, 2.24) is 14.8 Å². The third-order valence-electron chi connectivity index (χ3n) is 5.42. The van der Waals surface area contributed by atoms with Gasteiger partial charge in [-0.1, -0.05) is 12.1 Å². The summed E-state index contributed by atoms with van der Waals surface area (Å²) in [4.78, 5) is 21.4.